The highest BCUT2D eigenvalue weighted by Gasteiger charge is 2.27. The van der Waals surface area contributed by atoms with Gasteiger partial charge in [-0.15, -0.1) is 10.2 Å². The maximum absolute atomic E-state index is 13.6. The predicted molar refractivity (Wildman–Crippen MR) is 118 cm³/mol. The maximum Gasteiger partial charge on any atom is 0.244 e. The van der Waals surface area contributed by atoms with Gasteiger partial charge in [-0.3, -0.25) is 9.59 Å². The van der Waals surface area contributed by atoms with Gasteiger partial charge in [-0.25, -0.2) is 4.39 Å². The number of aryl methyl sites for hydroxylation is 1. The minimum atomic E-state index is -1.06. The van der Waals surface area contributed by atoms with E-state index >= 15 is 0 Å². The molecule has 31 heavy (non-hydrogen) atoms. The lowest BCUT2D eigenvalue weighted by atomic mass is 10.0. The van der Waals surface area contributed by atoms with Crippen molar-refractivity contribution in [1.29, 1.82) is 0 Å². The first kappa shape index (κ1) is 22.5. The first-order valence-electron chi connectivity index (χ1n) is 9.75. The molecule has 162 valence electrons. The fourth-order valence-electron chi connectivity index (χ4n) is 3.31. The fourth-order valence-corrected chi connectivity index (χ4v) is 4.23. The third-order valence-electron chi connectivity index (χ3n) is 4.85. The van der Waals surface area contributed by atoms with Gasteiger partial charge in [0.05, 0.1) is 5.75 Å². The summed E-state index contributed by atoms with van der Waals surface area (Å²) in [5.41, 5.74) is 7.89. The molecule has 9 heteroatoms. The van der Waals surface area contributed by atoms with Crippen molar-refractivity contribution in [1.82, 2.24) is 19.7 Å². The van der Waals surface area contributed by atoms with Crippen LogP contribution in [0.4, 0.5) is 4.39 Å². The topological polar surface area (TPSA) is 94.1 Å². The van der Waals surface area contributed by atoms with E-state index in [9.17, 15) is 14.0 Å². The van der Waals surface area contributed by atoms with E-state index in [0.29, 0.717) is 17.3 Å². The average molecular weight is 442 g/mol. The van der Waals surface area contributed by atoms with Crippen LogP contribution < -0.4 is 5.73 Å². The highest BCUT2D eigenvalue weighted by Crippen LogP contribution is 2.26. The number of likely N-dealkylation sites (N-methyl/N-ethyl adjacent to an activating group) is 1. The number of nitrogens with zero attached hydrogens (tertiary/aromatic N) is 4. The SMILES string of the molecule is CCn1c(SCC(=O)N(C)C(C(N)=O)c2cccc(F)c2)nnc1-c1cccc(C)c1. The molecule has 7 nitrogen and oxygen atoms in total. The van der Waals surface area contributed by atoms with Crippen molar-refractivity contribution in [3.8, 4) is 11.4 Å². The number of thioether (sulfide) groups is 1. The van der Waals surface area contributed by atoms with Crippen molar-refractivity contribution >= 4 is 23.6 Å². The summed E-state index contributed by atoms with van der Waals surface area (Å²) in [4.78, 5) is 26.0. The zero-order valence-corrected chi connectivity index (χ0v) is 18.4. The first-order valence-corrected chi connectivity index (χ1v) is 10.7. The standard InChI is InChI=1S/C22H24FN5O2S/c1-4-28-21(16-9-5-7-14(2)11-16)25-26-22(28)31-13-18(29)27(3)19(20(24)30)15-8-6-10-17(23)12-15/h5-12,19H,4,13H2,1-3H3,(H2,24,30). The van der Waals surface area contributed by atoms with Crippen molar-refractivity contribution < 1.29 is 14.0 Å². The molecule has 2 N–H and O–H groups in total. The second-order valence-electron chi connectivity index (χ2n) is 7.07. The van der Waals surface area contributed by atoms with Crippen molar-refractivity contribution in [2.24, 2.45) is 5.73 Å². The molecule has 0 saturated carbocycles. The number of hydrogen-bond donors (Lipinski definition) is 1. The van der Waals surface area contributed by atoms with Crippen molar-refractivity contribution in [2.75, 3.05) is 12.8 Å². The molecule has 0 spiro atoms. The Morgan fingerprint density at radius 3 is 2.58 bits per heavy atom. The van der Waals surface area contributed by atoms with E-state index < -0.39 is 17.8 Å². The van der Waals surface area contributed by atoms with Crippen LogP contribution in [0.2, 0.25) is 0 Å². The minimum absolute atomic E-state index is 0.0293. The number of halogens is 1. The fraction of sp³-hybridized carbons (Fsp3) is 0.273. The van der Waals surface area contributed by atoms with Crippen LogP contribution in [-0.2, 0) is 16.1 Å². The molecule has 1 heterocycles. The summed E-state index contributed by atoms with van der Waals surface area (Å²) in [6.07, 6.45) is 0. The normalized spacial score (nSPS) is 11.9. The summed E-state index contributed by atoms with van der Waals surface area (Å²) in [6.45, 7) is 4.62. The summed E-state index contributed by atoms with van der Waals surface area (Å²) in [7, 11) is 1.48. The monoisotopic (exact) mass is 441 g/mol. The van der Waals surface area contributed by atoms with Crippen LogP contribution in [0.25, 0.3) is 11.4 Å². The highest BCUT2D eigenvalue weighted by molar-refractivity contribution is 7.99. The van der Waals surface area contributed by atoms with Crippen molar-refractivity contribution in [2.45, 2.75) is 31.6 Å². The molecule has 3 aromatic rings. The third-order valence-corrected chi connectivity index (χ3v) is 5.80. The third kappa shape index (κ3) is 5.11. The van der Waals surface area contributed by atoms with Gasteiger partial charge in [-0.05, 0) is 37.6 Å². The number of amides is 2. The molecule has 3 rings (SSSR count). The first-order chi connectivity index (χ1) is 14.8. The van der Waals surface area contributed by atoms with E-state index in [4.69, 9.17) is 5.73 Å². The highest BCUT2D eigenvalue weighted by atomic mass is 32.2. The van der Waals surface area contributed by atoms with Gasteiger partial charge in [0.25, 0.3) is 0 Å². The number of aromatic nitrogens is 3. The van der Waals surface area contributed by atoms with Crippen LogP contribution >= 0.6 is 11.8 Å². The molecule has 0 aliphatic heterocycles. The summed E-state index contributed by atoms with van der Waals surface area (Å²) in [6, 6.07) is 12.4. The van der Waals surface area contributed by atoms with Gasteiger partial charge in [0.1, 0.15) is 11.9 Å². The molecule has 0 fully saturated rings. The van der Waals surface area contributed by atoms with Crippen LogP contribution in [0, 0.1) is 12.7 Å². The zero-order valence-electron chi connectivity index (χ0n) is 17.6. The Morgan fingerprint density at radius 2 is 1.94 bits per heavy atom. The lowest BCUT2D eigenvalue weighted by Gasteiger charge is -2.26. The maximum atomic E-state index is 13.6. The van der Waals surface area contributed by atoms with Crippen LogP contribution in [0.5, 0.6) is 0 Å². The molecule has 0 aliphatic carbocycles. The second-order valence-corrected chi connectivity index (χ2v) is 8.02. The Balaban J connectivity index is 1.76. The number of carbonyl (C=O) groups is 2. The molecule has 0 saturated heterocycles. The largest absolute Gasteiger partial charge is 0.368 e. The number of hydrogen-bond acceptors (Lipinski definition) is 5. The molecule has 1 atom stereocenters. The lowest BCUT2D eigenvalue weighted by Crippen LogP contribution is -2.40. The summed E-state index contributed by atoms with van der Waals surface area (Å²) in [5.74, 6) is -0.810. The van der Waals surface area contributed by atoms with Crippen LogP contribution in [-0.4, -0.2) is 44.3 Å². The molecule has 0 aliphatic rings. The minimum Gasteiger partial charge on any atom is -0.368 e. The van der Waals surface area contributed by atoms with Gasteiger partial charge >= 0.3 is 0 Å². The van der Waals surface area contributed by atoms with Gasteiger partial charge in [0, 0.05) is 19.2 Å². The summed E-state index contributed by atoms with van der Waals surface area (Å²) < 4.78 is 15.5. The van der Waals surface area contributed by atoms with Gasteiger partial charge in [0.2, 0.25) is 11.8 Å². The second kappa shape index (κ2) is 9.74. The molecule has 1 unspecified atom stereocenters. The van der Waals surface area contributed by atoms with Gasteiger partial charge in [0.15, 0.2) is 11.0 Å². The van der Waals surface area contributed by atoms with E-state index in [1.807, 2.05) is 42.7 Å². The Kier molecular flexibility index (Phi) is 7.06. The van der Waals surface area contributed by atoms with Crippen LogP contribution in [0.15, 0.2) is 53.7 Å². The Hall–Kier alpha value is -3.20. The van der Waals surface area contributed by atoms with Crippen LogP contribution in [0.3, 0.4) is 0 Å². The zero-order chi connectivity index (χ0) is 22.5. The molecule has 0 bridgehead atoms. The summed E-state index contributed by atoms with van der Waals surface area (Å²) in [5, 5.41) is 9.13. The quantitative estimate of drug-likeness (QED) is 0.542. The van der Waals surface area contributed by atoms with Gasteiger partial charge in [-0.1, -0.05) is 47.7 Å². The van der Waals surface area contributed by atoms with Gasteiger partial charge < -0.3 is 15.2 Å². The number of nitrogens with two attached hydrogens (primary N) is 1. The average Bonchev–Trinajstić information content (AvgIpc) is 3.14. The molecular formula is C22H24FN5O2S. The van der Waals surface area contributed by atoms with E-state index in [-0.39, 0.29) is 11.7 Å². The van der Waals surface area contributed by atoms with Gasteiger partial charge in [-0.2, -0.15) is 0 Å². The Labute approximate surface area is 184 Å². The smallest absolute Gasteiger partial charge is 0.244 e. The molecular weight excluding hydrogens is 417 g/mol. The Bertz CT molecular complexity index is 1100. The van der Waals surface area contributed by atoms with E-state index in [2.05, 4.69) is 10.2 Å². The number of carbonyl (C=O) groups excluding carboxylic acids is 2. The lowest BCUT2D eigenvalue weighted by molar-refractivity contribution is -0.136. The molecule has 2 aromatic carbocycles. The molecule has 0 radical (unpaired) electrons. The molecule has 1 aromatic heterocycles. The van der Waals surface area contributed by atoms with Crippen molar-refractivity contribution in [3.05, 3.63) is 65.5 Å². The number of primary amides is 1. The van der Waals surface area contributed by atoms with E-state index in [0.717, 1.165) is 17.0 Å². The van der Waals surface area contributed by atoms with E-state index in [1.165, 1.54) is 41.9 Å². The number of rotatable bonds is 8. The predicted octanol–water partition coefficient (Wildman–Crippen LogP) is 3.19. The van der Waals surface area contributed by atoms with Crippen LogP contribution in [0.1, 0.15) is 24.1 Å². The van der Waals surface area contributed by atoms with Crippen molar-refractivity contribution in [3.63, 3.8) is 0 Å². The summed E-state index contributed by atoms with van der Waals surface area (Å²) >= 11 is 1.23. The van der Waals surface area contributed by atoms with E-state index in [1.54, 1.807) is 6.07 Å². The Morgan fingerprint density at radius 1 is 1.19 bits per heavy atom. The number of benzene rings is 2. The molecule has 2 amide bonds.